The van der Waals surface area contributed by atoms with E-state index >= 15 is 0 Å². The normalized spacial score (nSPS) is 25.9. The van der Waals surface area contributed by atoms with Gasteiger partial charge >= 0.3 is 0 Å². The van der Waals surface area contributed by atoms with E-state index in [1.165, 1.54) is 35.1 Å². The predicted molar refractivity (Wildman–Crippen MR) is 88.3 cm³/mol. The fraction of sp³-hybridized carbons (Fsp3) is 0.222. The van der Waals surface area contributed by atoms with E-state index < -0.39 is 11.6 Å². The van der Waals surface area contributed by atoms with Gasteiger partial charge in [-0.25, -0.2) is 4.39 Å². The standard InChI is InChI=1S/C18H13FN2O3S/c19-12-5-3-11(4-6-12)13-8-16(22)21-17(14(13)9-20)25-10-18(21,23)15-2-1-7-24-15/h1-7,13,23H,8,10H2/t13-,18+/m1/s1. The van der Waals surface area contributed by atoms with Crippen LogP contribution in [0.15, 0.2) is 57.7 Å². The van der Waals surface area contributed by atoms with Crippen molar-refractivity contribution in [2.45, 2.75) is 18.1 Å². The predicted octanol–water partition coefficient (Wildman–Crippen LogP) is 3.06. The van der Waals surface area contributed by atoms with E-state index in [2.05, 4.69) is 6.07 Å². The summed E-state index contributed by atoms with van der Waals surface area (Å²) in [6.45, 7) is 0. The molecule has 1 saturated heterocycles. The average molecular weight is 356 g/mol. The SMILES string of the molecule is N#CC1=C2SC[C@](O)(c3ccco3)N2C(=O)C[C@@H]1c1ccc(F)cc1. The van der Waals surface area contributed by atoms with Gasteiger partial charge in [-0.05, 0) is 29.8 Å². The van der Waals surface area contributed by atoms with Gasteiger partial charge in [-0.1, -0.05) is 12.1 Å². The number of hydrogen-bond donors (Lipinski definition) is 1. The van der Waals surface area contributed by atoms with Gasteiger partial charge in [0.15, 0.2) is 5.76 Å². The van der Waals surface area contributed by atoms with Crippen molar-refractivity contribution in [1.29, 1.82) is 5.26 Å². The second-order valence-corrected chi connectivity index (χ2v) is 6.91. The molecular formula is C18H13FN2O3S. The summed E-state index contributed by atoms with van der Waals surface area (Å²) in [5, 5.41) is 21.1. The number of halogens is 1. The van der Waals surface area contributed by atoms with E-state index in [9.17, 15) is 19.6 Å². The van der Waals surface area contributed by atoms with Gasteiger partial charge in [0.25, 0.3) is 0 Å². The van der Waals surface area contributed by atoms with E-state index in [4.69, 9.17) is 4.42 Å². The fourth-order valence-corrected chi connectivity index (χ4v) is 4.63. The molecule has 0 spiro atoms. The molecule has 1 aromatic carbocycles. The molecule has 5 nitrogen and oxygen atoms in total. The summed E-state index contributed by atoms with van der Waals surface area (Å²) < 4.78 is 18.5. The van der Waals surface area contributed by atoms with Crippen LogP contribution in [-0.4, -0.2) is 21.7 Å². The number of furan rings is 1. The zero-order valence-electron chi connectivity index (χ0n) is 13.0. The molecule has 25 heavy (non-hydrogen) atoms. The van der Waals surface area contributed by atoms with Crippen molar-refractivity contribution in [3.63, 3.8) is 0 Å². The lowest BCUT2D eigenvalue weighted by Crippen LogP contribution is -2.48. The van der Waals surface area contributed by atoms with Crippen molar-refractivity contribution in [3.8, 4) is 6.07 Å². The van der Waals surface area contributed by atoms with Crippen molar-refractivity contribution in [3.05, 3.63) is 70.4 Å². The molecule has 4 rings (SSSR count). The molecule has 1 fully saturated rings. The Morgan fingerprint density at radius 3 is 2.76 bits per heavy atom. The molecule has 0 saturated carbocycles. The largest absolute Gasteiger partial charge is 0.464 e. The maximum atomic E-state index is 13.2. The maximum Gasteiger partial charge on any atom is 0.231 e. The maximum absolute atomic E-state index is 13.2. The smallest absolute Gasteiger partial charge is 0.231 e. The van der Waals surface area contributed by atoms with Gasteiger partial charge in [-0.3, -0.25) is 9.69 Å². The average Bonchev–Trinajstić information content (AvgIpc) is 3.25. The lowest BCUT2D eigenvalue weighted by atomic mass is 9.86. The Hall–Kier alpha value is -2.56. The molecule has 0 aliphatic carbocycles. The van der Waals surface area contributed by atoms with Crippen molar-refractivity contribution in [2.24, 2.45) is 0 Å². The molecule has 0 unspecified atom stereocenters. The summed E-state index contributed by atoms with van der Waals surface area (Å²) in [6, 6.07) is 11.2. The molecule has 7 heteroatoms. The molecule has 0 bridgehead atoms. The van der Waals surface area contributed by atoms with E-state index in [1.54, 1.807) is 24.3 Å². The molecule has 126 valence electrons. The van der Waals surface area contributed by atoms with Crippen LogP contribution < -0.4 is 0 Å². The Morgan fingerprint density at radius 1 is 1.36 bits per heavy atom. The molecular weight excluding hydrogens is 343 g/mol. The lowest BCUT2D eigenvalue weighted by Gasteiger charge is -2.36. The topological polar surface area (TPSA) is 77.5 Å². The van der Waals surface area contributed by atoms with Crippen molar-refractivity contribution >= 4 is 17.7 Å². The minimum atomic E-state index is -1.60. The molecule has 2 aliphatic heterocycles. The van der Waals surface area contributed by atoms with Crippen molar-refractivity contribution in [2.75, 3.05) is 5.75 Å². The number of allylic oxidation sites excluding steroid dienone is 1. The number of rotatable bonds is 2. The van der Waals surface area contributed by atoms with Gasteiger partial charge in [0.1, 0.15) is 5.82 Å². The van der Waals surface area contributed by atoms with E-state index in [0.29, 0.717) is 16.2 Å². The van der Waals surface area contributed by atoms with E-state index in [-0.39, 0.29) is 29.7 Å². The van der Waals surface area contributed by atoms with Gasteiger partial charge < -0.3 is 9.52 Å². The van der Waals surface area contributed by atoms with Gasteiger partial charge in [0.2, 0.25) is 11.6 Å². The first-order valence-corrected chi connectivity index (χ1v) is 8.65. The summed E-state index contributed by atoms with van der Waals surface area (Å²) in [5.41, 5.74) is -0.498. The number of carbonyl (C=O) groups excluding carboxylic acids is 1. The molecule has 2 aliphatic rings. The molecule has 1 aromatic heterocycles. The monoisotopic (exact) mass is 356 g/mol. The van der Waals surface area contributed by atoms with Crippen LogP contribution in [0.1, 0.15) is 23.7 Å². The summed E-state index contributed by atoms with van der Waals surface area (Å²) in [6.07, 6.45) is 1.46. The highest BCUT2D eigenvalue weighted by atomic mass is 32.2. The Morgan fingerprint density at radius 2 is 2.12 bits per heavy atom. The number of aliphatic hydroxyl groups is 1. The van der Waals surface area contributed by atoms with Crippen LogP contribution in [0.2, 0.25) is 0 Å². The molecule has 2 atom stereocenters. The minimum absolute atomic E-state index is 0.0294. The number of benzene rings is 1. The quantitative estimate of drug-likeness (QED) is 0.895. The fourth-order valence-electron chi connectivity index (χ4n) is 3.29. The summed E-state index contributed by atoms with van der Waals surface area (Å²) in [4.78, 5) is 14.1. The Labute approximate surface area is 147 Å². The van der Waals surface area contributed by atoms with Crippen LogP contribution in [0.25, 0.3) is 0 Å². The van der Waals surface area contributed by atoms with Crippen LogP contribution >= 0.6 is 11.8 Å². The number of thioether (sulfide) groups is 1. The summed E-state index contributed by atoms with van der Waals surface area (Å²) in [7, 11) is 0. The van der Waals surface area contributed by atoms with Gasteiger partial charge in [-0.2, -0.15) is 5.26 Å². The molecule has 1 N–H and O–H groups in total. The highest BCUT2D eigenvalue weighted by molar-refractivity contribution is 8.03. The minimum Gasteiger partial charge on any atom is -0.464 e. The Balaban J connectivity index is 1.81. The Bertz CT molecular complexity index is 901. The van der Waals surface area contributed by atoms with Gasteiger partial charge in [-0.15, -0.1) is 11.8 Å². The zero-order valence-corrected chi connectivity index (χ0v) is 13.8. The van der Waals surface area contributed by atoms with Gasteiger partial charge in [0.05, 0.1) is 28.7 Å². The number of nitriles is 1. The molecule has 0 radical (unpaired) electrons. The third kappa shape index (κ3) is 2.37. The number of nitrogens with zero attached hydrogens (tertiary/aromatic N) is 2. The zero-order chi connectivity index (χ0) is 17.6. The third-order valence-electron chi connectivity index (χ3n) is 4.50. The third-order valence-corrected chi connectivity index (χ3v) is 5.72. The van der Waals surface area contributed by atoms with Crippen LogP contribution in [-0.2, 0) is 10.5 Å². The highest BCUT2D eigenvalue weighted by Gasteiger charge is 2.53. The second kappa shape index (κ2) is 5.76. The van der Waals surface area contributed by atoms with Crippen LogP contribution in [0.5, 0.6) is 0 Å². The number of amides is 1. The highest BCUT2D eigenvalue weighted by Crippen LogP contribution is 2.51. The number of hydrogen-bond acceptors (Lipinski definition) is 5. The van der Waals surface area contributed by atoms with Crippen molar-refractivity contribution < 1.29 is 18.7 Å². The molecule has 3 heterocycles. The number of fused-ring (bicyclic) bond motifs is 1. The summed E-state index contributed by atoms with van der Waals surface area (Å²) in [5.74, 6) is -0.673. The van der Waals surface area contributed by atoms with Gasteiger partial charge in [0, 0.05) is 12.3 Å². The lowest BCUT2D eigenvalue weighted by molar-refractivity contribution is -0.152. The molecule has 2 aromatic rings. The first-order valence-electron chi connectivity index (χ1n) is 7.66. The Kier molecular flexibility index (Phi) is 3.67. The van der Waals surface area contributed by atoms with E-state index in [1.807, 2.05) is 0 Å². The van der Waals surface area contributed by atoms with Crippen molar-refractivity contribution in [1.82, 2.24) is 4.90 Å². The first-order chi connectivity index (χ1) is 12.0. The summed E-state index contributed by atoms with van der Waals surface area (Å²) >= 11 is 1.25. The molecule has 1 amide bonds. The van der Waals surface area contributed by atoms with E-state index in [0.717, 1.165) is 0 Å². The second-order valence-electron chi connectivity index (χ2n) is 5.95. The van der Waals surface area contributed by atoms with Crippen LogP contribution in [0, 0.1) is 17.1 Å². The first kappa shape index (κ1) is 15.9. The van der Waals surface area contributed by atoms with Crippen LogP contribution in [0.3, 0.4) is 0 Å². The van der Waals surface area contributed by atoms with Crippen LogP contribution in [0.4, 0.5) is 4.39 Å². The number of carbonyl (C=O) groups is 1.